The molecule has 0 spiro atoms. The van der Waals surface area contributed by atoms with Crippen LogP contribution >= 0.6 is 11.8 Å². The number of thioether (sulfide) groups is 1. The summed E-state index contributed by atoms with van der Waals surface area (Å²) in [7, 11) is 0. The number of carbonyl (C=O) groups is 3. The monoisotopic (exact) mass is 231 g/mol. The number of amides is 3. The minimum Gasteiger partial charge on any atom is -0.294 e. The number of imide groups is 1. The first-order valence-corrected chi connectivity index (χ1v) is 5.35. The van der Waals surface area contributed by atoms with Crippen LogP contribution in [0.3, 0.4) is 0 Å². The number of nitrogens with zero attached hydrogens (tertiary/aromatic N) is 1. The number of hydrogen-bond donors (Lipinski definition) is 2. The zero-order valence-electron chi connectivity index (χ0n) is 8.57. The van der Waals surface area contributed by atoms with E-state index in [1.165, 1.54) is 0 Å². The third kappa shape index (κ3) is 2.48. The Balaban J connectivity index is 2.72. The van der Waals surface area contributed by atoms with Crippen LogP contribution in [-0.2, 0) is 9.59 Å². The average Bonchev–Trinajstić information content (AvgIpc) is 2.47. The normalized spacial score (nSPS) is 17.1. The molecule has 1 rings (SSSR count). The van der Waals surface area contributed by atoms with Gasteiger partial charge >= 0.3 is 0 Å². The van der Waals surface area contributed by atoms with Gasteiger partial charge in [0.05, 0.1) is 11.2 Å². The highest BCUT2D eigenvalue weighted by Crippen LogP contribution is 2.24. The molecule has 0 radical (unpaired) electrons. The van der Waals surface area contributed by atoms with E-state index in [4.69, 9.17) is 5.84 Å². The van der Waals surface area contributed by atoms with Crippen LogP contribution in [0.4, 0.5) is 4.79 Å². The number of carbonyl (C=O) groups excluding carboxylic acids is 3. The van der Waals surface area contributed by atoms with E-state index in [9.17, 15) is 14.4 Å². The maximum Gasteiger partial charge on any atom is 0.288 e. The fourth-order valence-electron chi connectivity index (χ4n) is 1.20. The smallest absolute Gasteiger partial charge is 0.288 e. The van der Waals surface area contributed by atoms with E-state index in [0.717, 1.165) is 16.7 Å². The molecule has 1 aliphatic rings. The molecule has 0 unspecified atom stereocenters. The van der Waals surface area contributed by atoms with Crippen LogP contribution < -0.4 is 11.3 Å². The third-order valence-electron chi connectivity index (χ3n) is 2.14. The molecule has 7 heteroatoms. The molecule has 1 saturated heterocycles. The largest absolute Gasteiger partial charge is 0.294 e. The van der Waals surface area contributed by atoms with Gasteiger partial charge in [-0.05, 0) is 13.8 Å². The Hall–Kier alpha value is -1.08. The average molecular weight is 231 g/mol. The summed E-state index contributed by atoms with van der Waals surface area (Å²) < 4.78 is 0. The molecular weight excluding hydrogens is 218 g/mol. The van der Waals surface area contributed by atoms with Crippen molar-refractivity contribution in [2.75, 3.05) is 12.3 Å². The van der Waals surface area contributed by atoms with Gasteiger partial charge in [-0.25, -0.2) is 5.84 Å². The first-order valence-electron chi connectivity index (χ1n) is 4.36. The fraction of sp³-hybridized carbons (Fsp3) is 0.625. The molecular formula is C8H13N3O3S. The summed E-state index contributed by atoms with van der Waals surface area (Å²) in [6.07, 6.45) is 0. The molecule has 0 aromatic carbocycles. The molecule has 0 aromatic rings. The second-order valence-electron chi connectivity index (χ2n) is 3.89. The summed E-state index contributed by atoms with van der Waals surface area (Å²) in [5.41, 5.74) is 1.14. The SMILES string of the molecule is CC(C)(CN1C(=O)CSC1=O)C(=O)NN. The lowest BCUT2D eigenvalue weighted by atomic mass is 9.92. The van der Waals surface area contributed by atoms with Gasteiger partial charge in [0, 0.05) is 6.54 Å². The van der Waals surface area contributed by atoms with Gasteiger partial charge < -0.3 is 0 Å². The fourth-order valence-corrected chi connectivity index (χ4v) is 1.92. The van der Waals surface area contributed by atoms with Gasteiger partial charge in [-0.3, -0.25) is 24.7 Å². The second-order valence-corrected chi connectivity index (χ2v) is 4.82. The topological polar surface area (TPSA) is 92.5 Å². The number of nitrogens with two attached hydrogens (primary N) is 1. The Morgan fingerprint density at radius 1 is 1.60 bits per heavy atom. The van der Waals surface area contributed by atoms with Crippen molar-refractivity contribution < 1.29 is 14.4 Å². The van der Waals surface area contributed by atoms with Gasteiger partial charge in [-0.1, -0.05) is 11.8 Å². The van der Waals surface area contributed by atoms with Crippen LogP contribution in [0, 0.1) is 5.41 Å². The number of rotatable bonds is 3. The molecule has 0 aromatic heterocycles. The molecule has 6 nitrogen and oxygen atoms in total. The first-order chi connectivity index (χ1) is 6.88. The van der Waals surface area contributed by atoms with Gasteiger partial charge in [0.1, 0.15) is 0 Å². The van der Waals surface area contributed by atoms with Crippen LogP contribution in [0.15, 0.2) is 0 Å². The maximum absolute atomic E-state index is 11.3. The van der Waals surface area contributed by atoms with Gasteiger partial charge in [0.2, 0.25) is 11.8 Å². The standard InChI is InChI=1S/C8H13N3O3S/c1-8(2,6(13)10-9)4-11-5(12)3-15-7(11)14/h3-4,9H2,1-2H3,(H,10,13). The van der Waals surface area contributed by atoms with Crippen LogP contribution in [0.2, 0.25) is 0 Å². The van der Waals surface area contributed by atoms with Crippen molar-refractivity contribution in [3.63, 3.8) is 0 Å². The highest BCUT2D eigenvalue weighted by Gasteiger charge is 2.37. The van der Waals surface area contributed by atoms with E-state index in [1.807, 2.05) is 5.43 Å². The Bertz CT molecular complexity index is 300. The molecule has 0 atom stereocenters. The number of hydrogen-bond acceptors (Lipinski definition) is 5. The molecule has 84 valence electrons. The van der Waals surface area contributed by atoms with Crippen molar-refractivity contribution in [1.82, 2.24) is 10.3 Å². The minimum atomic E-state index is -0.870. The highest BCUT2D eigenvalue weighted by atomic mass is 32.2. The molecule has 3 N–H and O–H groups in total. The van der Waals surface area contributed by atoms with Crippen molar-refractivity contribution in [2.24, 2.45) is 11.3 Å². The Kier molecular flexibility index (Phi) is 3.35. The van der Waals surface area contributed by atoms with Crippen LogP contribution in [0.1, 0.15) is 13.8 Å². The number of hydrazine groups is 1. The number of nitrogens with one attached hydrogen (secondary N) is 1. The van der Waals surface area contributed by atoms with E-state index in [2.05, 4.69) is 0 Å². The molecule has 1 heterocycles. The lowest BCUT2D eigenvalue weighted by molar-refractivity contribution is -0.132. The zero-order valence-corrected chi connectivity index (χ0v) is 9.39. The Labute approximate surface area is 91.5 Å². The van der Waals surface area contributed by atoms with Crippen molar-refractivity contribution in [2.45, 2.75) is 13.8 Å². The van der Waals surface area contributed by atoms with Gasteiger partial charge in [0.15, 0.2) is 0 Å². The van der Waals surface area contributed by atoms with E-state index < -0.39 is 11.3 Å². The molecule has 0 bridgehead atoms. The summed E-state index contributed by atoms with van der Waals surface area (Å²) in [5, 5.41) is -0.308. The summed E-state index contributed by atoms with van der Waals surface area (Å²) in [4.78, 5) is 35.0. The first kappa shape index (κ1) is 12.0. The van der Waals surface area contributed by atoms with Gasteiger partial charge in [0.25, 0.3) is 5.24 Å². The van der Waals surface area contributed by atoms with Crippen molar-refractivity contribution >= 4 is 28.8 Å². The van der Waals surface area contributed by atoms with Gasteiger partial charge in [-0.15, -0.1) is 0 Å². The maximum atomic E-state index is 11.3. The predicted octanol–water partition coefficient (Wildman–Crippen LogP) is -0.302. The quantitative estimate of drug-likeness (QED) is 0.395. The minimum absolute atomic E-state index is 0.0562. The highest BCUT2D eigenvalue weighted by molar-refractivity contribution is 8.14. The van der Waals surface area contributed by atoms with E-state index in [-0.39, 0.29) is 23.4 Å². The summed E-state index contributed by atoms with van der Waals surface area (Å²) in [6, 6.07) is 0. The molecule has 15 heavy (non-hydrogen) atoms. The molecule has 0 saturated carbocycles. The van der Waals surface area contributed by atoms with Crippen molar-refractivity contribution in [1.29, 1.82) is 0 Å². The molecule has 3 amide bonds. The van der Waals surface area contributed by atoms with E-state index in [0.29, 0.717) is 0 Å². The molecule has 1 aliphatic heterocycles. The van der Waals surface area contributed by atoms with Crippen molar-refractivity contribution in [3.05, 3.63) is 0 Å². The van der Waals surface area contributed by atoms with Crippen molar-refractivity contribution in [3.8, 4) is 0 Å². The third-order valence-corrected chi connectivity index (χ3v) is 3.00. The summed E-state index contributed by atoms with van der Waals surface area (Å²) in [6.45, 7) is 3.30. The van der Waals surface area contributed by atoms with Gasteiger partial charge in [-0.2, -0.15) is 0 Å². The predicted molar refractivity (Wildman–Crippen MR) is 55.7 cm³/mol. The van der Waals surface area contributed by atoms with Crippen LogP contribution in [-0.4, -0.2) is 34.3 Å². The summed E-state index contributed by atoms with van der Waals surface area (Å²) in [5.74, 6) is 4.50. The Morgan fingerprint density at radius 3 is 2.60 bits per heavy atom. The summed E-state index contributed by atoms with van der Waals surface area (Å²) >= 11 is 0.948. The molecule has 1 fully saturated rings. The Morgan fingerprint density at radius 2 is 2.20 bits per heavy atom. The second kappa shape index (κ2) is 4.19. The van der Waals surface area contributed by atoms with Crippen LogP contribution in [0.25, 0.3) is 0 Å². The lowest BCUT2D eigenvalue weighted by Crippen LogP contribution is -2.48. The van der Waals surface area contributed by atoms with Crippen LogP contribution in [0.5, 0.6) is 0 Å². The lowest BCUT2D eigenvalue weighted by Gasteiger charge is -2.26. The molecule has 0 aliphatic carbocycles. The van der Waals surface area contributed by atoms with E-state index in [1.54, 1.807) is 13.8 Å². The zero-order chi connectivity index (χ0) is 11.6. The van der Waals surface area contributed by atoms with E-state index >= 15 is 0 Å².